The number of hydrogen-bond acceptors (Lipinski definition) is 4. The minimum Gasteiger partial charge on any atom is -0.371 e. The number of rotatable bonds is 6. The van der Waals surface area contributed by atoms with Crippen LogP contribution in [0.15, 0.2) is 12.4 Å². The highest BCUT2D eigenvalue weighted by molar-refractivity contribution is 5.78. The number of carbonyl (C=O) groups excluding carboxylic acids is 1. The van der Waals surface area contributed by atoms with Gasteiger partial charge in [0.25, 0.3) is 0 Å². The maximum atomic E-state index is 12.4. The number of ether oxygens (including phenoxy) is 1. The summed E-state index contributed by atoms with van der Waals surface area (Å²) in [6.45, 7) is 4.30. The van der Waals surface area contributed by atoms with Crippen LogP contribution in [-0.4, -0.2) is 52.4 Å². The van der Waals surface area contributed by atoms with Crippen molar-refractivity contribution in [3.8, 4) is 0 Å². The molecule has 0 aromatic carbocycles. The summed E-state index contributed by atoms with van der Waals surface area (Å²) in [6.07, 6.45) is 8.12. The Kier molecular flexibility index (Phi) is 4.78. The van der Waals surface area contributed by atoms with Crippen molar-refractivity contribution < 1.29 is 9.53 Å². The molecule has 2 fully saturated rings. The Hall–Kier alpha value is -1.40. The van der Waals surface area contributed by atoms with Crippen LogP contribution in [0.25, 0.3) is 0 Å². The Morgan fingerprint density at radius 2 is 2.32 bits per heavy atom. The fourth-order valence-electron chi connectivity index (χ4n) is 3.22. The molecule has 2 aliphatic rings. The van der Waals surface area contributed by atoms with E-state index in [0.29, 0.717) is 12.6 Å². The third-order valence-corrected chi connectivity index (χ3v) is 4.54. The monoisotopic (exact) mass is 306 g/mol. The molecule has 1 saturated heterocycles. The van der Waals surface area contributed by atoms with E-state index in [1.807, 2.05) is 19.4 Å². The van der Waals surface area contributed by atoms with Crippen LogP contribution in [0.1, 0.15) is 44.3 Å². The molecule has 2 atom stereocenters. The van der Waals surface area contributed by atoms with Crippen LogP contribution in [0.2, 0.25) is 0 Å². The normalized spacial score (nSPS) is 25.4. The predicted octanol–water partition coefficient (Wildman–Crippen LogP) is 1.24. The van der Waals surface area contributed by atoms with E-state index >= 15 is 0 Å². The van der Waals surface area contributed by atoms with Gasteiger partial charge in [0.2, 0.25) is 5.91 Å². The van der Waals surface area contributed by atoms with Crippen LogP contribution < -0.4 is 5.32 Å². The van der Waals surface area contributed by atoms with E-state index in [1.54, 1.807) is 4.68 Å². The molecule has 1 amide bonds. The van der Waals surface area contributed by atoms with Gasteiger partial charge in [0.05, 0.1) is 18.8 Å². The third-order valence-electron chi connectivity index (χ3n) is 4.54. The van der Waals surface area contributed by atoms with Gasteiger partial charge in [-0.1, -0.05) is 6.92 Å². The lowest BCUT2D eigenvalue weighted by atomic mass is 9.98. The first kappa shape index (κ1) is 15.5. The van der Waals surface area contributed by atoms with E-state index in [1.165, 1.54) is 12.8 Å². The van der Waals surface area contributed by atoms with E-state index in [4.69, 9.17) is 4.74 Å². The Morgan fingerprint density at radius 3 is 2.95 bits per heavy atom. The summed E-state index contributed by atoms with van der Waals surface area (Å²) in [7, 11) is 1.90. The molecule has 0 unspecified atom stereocenters. The first-order chi connectivity index (χ1) is 10.7. The molecule has 1 saturated carbocycles. The van der Waals surface area contributed by atoms with Gasteiger partial charge in [-0.3, -0.25) is 14.4 Å². The first-order valence-electron chi connectivity index (χ1n) is 8.31. The Morgan fingerprint density at radius 1 is 1.50 bits per heavy atom. The summed E-state index contributed by atoms with van der Waals surface area (Å²) >= 11 is 0. The number of nitrogens with one attached hydrogen (secondary N) is 1. The molecule has 22 heavy (non-hydrogen) atoms. The zero-order chi connectivity index (χ0) is 15.5. The fourth-order valence-corrected chi connectivity index (χ4v) is 3.22. The topological polar surface area (TPSA) is 59.4 Å². The van der Waals surface area contributed by atoms with Gasteiger partial charge in [0.15, 0.2) is 0 Å². The largest absolute Gasteiger partial charge is 0.371 e. The second-order valence-electron chi connectivity index (χ2n) is 6.35. The highest BCUT2D eigenvalue weighted by Crippen LogP contribution is 2.29. The van der Waals surface area contributed by atoms with Crippen molar-refractivity contribution in [2.24, 2.45) is 7.05 Å². The minimum absolute atomic E-state index is 0.0448. The summed E-state index contributed by atoms with van der Waals surface area (Å²) < 4.78 is 7.68. The van der Waals surface area contributed by atoms with E-state index < -0.39 is 0 Å². The Balaban J connectivity index is 1.59. The molecule has 122 valence electrons. The molecule has 2 heterocycles. The molecule has 0 radical (unpaired) electrons. The molecule has 6 nitrogen and oxygen atoms in total. The Bertz CT molecular complexity index is 512. The molecule has 1 N–H and O–H groups in total. The first-order valence-corrected chi connectivity index (χ1v) is 8.31. The van der Waals surface area contributed by atoms with Crippen molar-refractivity contribution in [1.82, 2.24) is 20.0 Å². The van der Waals surface area contributed by atoms with Crippen LogP contribution in [0.4, 0.5) is 0 Å². The van der Waals surface area contributed by atoms with Gasteiger partial charge in [-0.05, 0) is 32.2 Å². The molecule has 1 aromatic rings. The second kappa shape index (κ2) is 6.79. The van der Waals surface area contributed by atoms with Crippen LogP contribution in [0.3, 0.4) is 0 Å². The average Bonchev–Trinajstić information content (AvgIpc) is 3.27. The molecular formula is C16H26N4O2. The second-order valence-corrected chi connectivity index (χ2v) is 6.35. The standard InChI is InChI=1S/C16H26N4O2/c1-3-20(13-6-7-13)11-15(21)18-14-5-4-8-22-16(14)12-9-17-19(2)10-12/h9-10,13-14,16H,3-8,11H2,1-2H3,(H,18,21)/t14-,16+/m0/s1. The zero-order valence-electron chi connectivity index (χ0n) is 13.5. The Labute approximate surface area is 131 Å². The number of amides is 1. The van der Waals surface area contributed by atoms with Gasteiger partial charge in [-0.2, -0.15) is 5.10 Å². The van der Waals surface area contributed by atoms with Crippen molar-refractivity contribution >= 4 is 5.91 Å². The molecule has 1 aromatic heterocycles. The smallest absolute Gasteiger partial charge is 0.234 e. The average molecular weight is 306 g/mol. The maximum absolute atomic E-state index is 12.4. The lowest BCUT2D eigenvalue weighted by Gasteiger charge is -2.32. The fraction of sp³-hybridized carbons (Fsp3) is 0.750. The highest BCUT2D eigenvalue weighted by atomic mass is 16.5. The van der Waals surface area contributed by atoms with Gasteiger partial charge >= 0.3 is 0 Å². The third kappa shape index (κ3) is 3.67. The SMILES string of the molecule is CCN(CC(=O)N[C@H]1CCCO[C@@H]1c1cnn(C)c1)C1CC1. The molecule has 1 aliphatic heterocycles. The van der Waals surface area contributed by atoms with E-state index in [-0.39, 0.29) is 18.1 Å². The van der Waals surface area contributed by atoms with Crippen molar-refractivity contribution in [1.29, 1.82) is 0 Å². The number of aromatic nitrogens is 2. The predicted molar refractivity (Wildman–Crippen MR) is 83.3 cm³/mol. The summed E-state index contributed by atoms with van der Waals surface area (Å²) in [5, 5.41) is 7.40. The highest BCUT2D eigenvalue weighted by Gasteiger charge is 2.32. The molecule has 1 aliphatic carbocycles. The molecule has 0 bridgehead atoms. The van der Waals surface area contributed by atoms with E-state index in [0.717, 1.165) is 31.6 Å². The number of nitrogens with zero attached hydrogens (tertiary/aromatic N) is 3. The lowest BCUT2D eigenvalue weighted by Crippen LogP contribution is -2.47. The summed E-state index contributed by atoms with van der Waals surface area (Å²) in [6, 6.07) is 0.663. The van der Waals surface area contributed by atoms with Gasteiger partial charge in [-0.15, -0.1) is 0 Å². The van der Waals surface area contributed by atoms with Crippen LogP contribution in [-0.2, 0) is 16.6 Å². The van der Waals surface area contributed by atoms with Crippen molar-refractivity contribution in [2.45, 2.75) is 50.8 Å². The summed E-state index contributed by atoms with van der Waals surface area (Å²) in [5.41, 5.74) is 1.04. The van der Waals surface area contributed by atoms with Gasteiger partial charge in [0, 0.05) is 31.5 Å². The molecule has 6 heteroatoms. The molecule has 0 spiro atoms. The molecule has 3 rings (SSSR count). The number of carbonyl (C=O) groups is 1. The van der Waals surface area contributed by atoms with Crippen LogP contribution in [0.5, 0.6) is 0 Å². The summed E-state index contributed by atoms with van der Waals surface area (Å²) in [4.78, 5) is 14.6. The van der Waals surface area contributed by atoms with Crippen LogP contribution in [0, 0.1) is 0 Å². The van der Waals surface area contributed by atoms with Crippen molar-refractivity contribution in [3.05, 3.63) is 18.0 Å². The zero-order valence-corrected chi connectivity index (χ0v) is 13.5. The number of hydrogen-bond donors (Lipinski definition) is 1. The van der Waals surface area contributed by atoms with Crippen molar-refractivity contribution in [3.63, 3.8) is 0 Å². The molecular weight excluding hydrogens is 280 g/mol. The summed E-state index contributed by atoms with van der Waals surface area (Å²) in [5.74, 6) is 0.109. The maximum Gasteiger partial charge on any atom is 0.234 e. The number of likely N-dealkylation sites (N-methyl/N-ethyl adjacent to an activating group) is 1. The van der Waals surface area contributed by atoms with E-state index in [2.05, 4.69) is 22.2 Å². The van der Waals surface area contributed by atoms with Gasteiger partial charge < -0.3 is 10.1 Å². The quantitative estimate of drug-likeness (QED) is 0.859. The van der Waals surface area contributed by atoms with Gasteiger partial charge in [-0.25, -0.2) is 0 Å². The minimum atomic E-state index is -0.0811. The van der Waals surface area contributed by atoms with Gasteiger partial charge in [0.1, 0.15) is 6.10 Å². The lowest BCUT2D eigenvalue weighted by molar-refractivity contribution is -0.125. The van der Waals surface area contributed by atoms with Crippen LogP contribution >= 0.6 is 0 Å². The van der Waals surface area contributed by atoms with Crippen molar-refractivity contribution in [2.75, 3.05) is 19.7 Å². The number of aryl methyl sites for hydroxylation is 1. The van der Waals surface area contributed by atoms with E-state index in [9.17, 15) is 4.79 Å².